The fourth-order valence-corrected chi connectivity index (χ4v) is 5.75. The first-order valence-electron chi connectivity index (χ1n) is 11.8. The lowest BCUT2D eigenvalue weighted by molar-refractivity contribution is 0.156. The van der Waals surface area contributed by atoms with Gasteiger partial charge < -0.3 is 0 Å². The number of hydrogen-bond donors (Lipinski definition) is 0. The van der Waals surface area contributed by atoms with Gasteiger partial charge in [-0.1, -0.05) is 77.1 Å². The third kappa shape index (κ3) is 5.37. The Bertz CT molecular complexity index is 497. The molecule has 0 amide bonds. The van der Waals surface area contributed by atoms with Crippen molar-refractivity contribution in [3.8, 4) is 0 Å². The summed E-state index contributed by atoms with van der Waals surface area (Å²) in [5, 5.41) is 0. The molecule has 0 heteroatoms. The molecule has 0 heterocycles. The SMILES string of the molecule is CCCC1CCC(C2CCC(c3ccc(C[C@H](C)CC)cc3)CC2)CC1. The first-order valence-corrected chi connectivity index (χ1v) is 11.8. The Hall–Kier alpha value is -0.780. The normalized spacial score (nSPS) is 30.9. The largest absolute Gasteiger partial charge is 0.0654 e. The van der Waals surface area contributed by atoms with E-state index in [2.05, 4.69) is 45.0 Å². The lowest BCUT2D eigenvalue weighted by atomic mass is 9.68. The maximum Gasteiger partial charge on any atom is -0.0162 e. The summed E-state index contributed by atoms with van der Waals surface area (Å²) in [6.45, 7) is 7.02. The Kier molecular flexibility index (Phi) is 7.64. The molecule has 1 atom stereocenters. The van der Waals surface area contributed by atoms with Crippen molar-refractivity contribution in [1.82, 2.24) is 0 Å². The van der Waals surface area contributed by atoms with Crippen molar-refractivity contribution in [3.05, 3.63) is 35.4 Å². The minimum Gasteiger partial charge on any atom is -0.0654 e. The van der Waals surface area contributed by atoms with Crippen LogP contribution in [0.2, 0.25) is 0 Å². The van der Waals surface area contributed by atoms with Crippen molar-refractivity contribution in [2.45, 2.75) is 104 Å². The topological polar surface area (TPSA) is 0 Å². The van der Waals surface area contributed by atoms with E-state index in [-0.39, 0.29) is 0 Å². The molecular formula is C26H42. The predicted molar refractivity (Wildman–Crippen MR) is 115 cm³/mol. The van der Waals surface area contributed by atoms with Crippen molar-refractivity contribution >= 4 is 0 Å². The Morgan fingerprint density at radius 1 is 0.808 bits per heavy atom. The van der Waals surface area contributed by atoms with Gasteiger partial charge in [-0.05, 0) is 85.7 Å². The molecule has 2 saturated carbocycles. The molecule has 3 rings (SSSR count). The summed E-state index contributed by atoms with van der Waals surface area (Å²) in [5.41, 5.74) is 3.14. The van der Waals surface area contributed by atoms with Crippen LogP contribution in [0.5, 0.6) is 0 Å². The van der Waals surface area contributed by atoms with Crippen LogP contribution in [-0.2, 0) is 6.42 Å². The molecule has 0 radical (unpaired) electrons. The van der Waals surface area contributed by atoms with E-state index in [0.29, 0.717) is 0 Å². The molecule has 0 nitrogen and oxygen atoms in total. The molecule has 2 aliphatic rings. The number of hydrogen-bond acceptors (Lipinski definition) is 0. The van der Waals surface area contributed by atoms with E-state index in [1.807, 2.05) is 0 Å². The van der Waals surface area contributed by atoms with Gasteiger partial charge in [-0.15, -0.1) is 0 Å². The molecule has 1 aromatic rings. The van der Waals surface area contributed by atoms with E-state index >= 15 is 0 Å². The van der Waals surface area contributed by atoms with Crippen molar-refractivity contribution in [1.29, 1.82) is 0 Å². The van der Waals surface area contributed by atoms with E-state index in [0.717, 1.165) is 29.6 Å². The molecular weight excluding hydrogens is 312 g/mol. The van der Waals surface area contributed by atoms with Crippen molar-refractivity contribution in [2.75, 3.05) is 0 Å². The highest BCUT2D eigenvalue weighted by Crippen LogP contribution is 2.44. The van der Waals surface area contributed by atoms with Gasteiger partial charge in [-0.25, -0.2) is 0 Å². The van der Waals surface area contributed by atoms with Crippen molar-refractivity contribution in [2.24, 2.45) is 23.7 Å². The van der Waals surface area contributed by atoms with Gasteiger partial charge in [0.05, 0.1) is 0 Å². The third-order valence-corrected chi connectivity index (χ3v) is 7.76. The van der Waals surface area contributed by atoms with Crippen molar-refractivity contribution in [3.63, 3.8) is 0 Å². The van der Waals surface area contributed by atoms with Crippen molar-refractivity contribution < 1.29 is 0 Å². The Morgan fingerprint density at radius 3 is 1.92 bits per heavy atom. The smallest absolute Gasteiger partial charge is 0.0162 e. The maximum atomic E-state index is 2.44. The van der Waals surface area contributed by atoms with Crippen LogP contribution in [0.4, 0.5) is 0 Å². The Labute approximate surface area is 163 Å². The van der Waals surface area contributed by atoms with E-state index in [1.165, 1.54) is 82.6 Å². The maximum absolute atomic E-state index is 2.44. The highest BCUT2D eigenvalue weighted by Gasteiger charge is 2.31. The fourth-order valence-electron chi connectivity index (χ4n) is 5.75. The fraction of sp³-hybridized carbons (Fsp3) is 0.769. The quantitative estimate of drug-likeness (QED) is 0.463. The first-order chi connectivity index (χ1) is 12.7. The zero-order chi connectivity index (χ0) is 18.4. The molecule has 146 valence electrons. The van der Waals surface area contributed by atoms with Gasteiger partial charge in [-0.3, -0.25) is 0 Å². The van der Waals surface area contributed by atoms with Gasteiger partial charge >= 0.3 is 0 Å². The van der Waals surface area contributed by atoms with E-state index in [9.17, 15) is 0 Å². The minimum absolute atomic E-state index is 0.809. The first kappa shape index (κ1) is 20.0. The summed E-state index contributed by atoms with van der Waals surface area (Å²) in [5.74, 6) is 4.80. The van der Waals surface area contributed by atoms with Crippen LogP contribution in [0.3, 0.4) is 0 Å². The summed E-state index contributed by atoms with van der Waals surface area (Å²) in [6, 6.07) is 9.70. The molecule has 1 aromatic carbocycles. The summed E-state index contributed by atoms with van der Waals surface area (Å²) in [7, 11) is 0. The van der Waals surface area contributed by atoms with E-state index in [1.54, 1.807) is 5.56 Å². The molecule has 0 saturated heterocycles. The second-order valence-corrected chi connectivity index (χ2v) is 9.64. The highest BCUT2D eigenvalue weighted by atomic mass is 14.4. The standard InChI is InChI=1S/C26H42/c1-4-6-21-7-11-23(12-8-21)25-15-17-26(18-16-25)24-13-9-22(10-14-24)19-20(3)5-2/h9-10,13-14,20-21,23,25-26H,4-8,11-12,15-19H2,1-3H3/t20-,21?,23?,25?,26?/m1/s1. The van der Waals surface area contributed by atoms with Crippen LogP contribution < -0.4 is 0 Å². The molecule has 26 heavy (non-hydrogen) atoms. The molecule has 0 N–H and O–H groups in total. The van der Waals surface area contributed by atoms with E-state index < -0.39 is 0 Å². The van der Waals surface area contributed by atoms with Gasteiger partial charge in [0.2, 0.25) is 0 Å². The van der Waals surface area contributed by atoms with Crippen LogP contribution in [-0.4, -0.2) is 0 Å². The van der Waals surface area contributed by atoms with Gasteiger partial charge in [0.1, 0.15) is 0 Å². The van der Waals surface area contributed by atoms with Gasteiger partial charge in [0.25, 0.3) is 0 Å². The molecule has 0 bridgehead atoms. The van der Waals surface area contributed by atoms with Gasteiger partial charge in [0.15, 0.2) is 0 Å². The van der Waals surface area contributed by atoms with E-state index in [4.69, 9.17) is 0 Å². The molecule has 0 aliphatic heterocycles. The van der Waals surface area contributed by atoms with Crippen LogP contribution in [0.15, 0.2) is 24.3 Å². The van der Waals surface area contributed by atoms with Crippen LogP contribution >= 0.6 is 0 Å². The monoisotopic (exact) mass is 354 g/mol. The van der Waals surface area contributed by atoms with Crippen LogP contribution in [0.1, 0.15) is 108 Å². The molecule has 2 fully saturated rings. The molecule has 0 unspecified atom stereocenters. The summed E-state index contributed by atoms with van der Waals surface area (Å²) in [6.07, 6.45) is 17.3. The molecule has 0 spiro atoms. The zero-order valence-corrected chi connectivity index (χ0v) is 17.7. The second-order valence-electron chi connectivity index (χ2n) is 9.64. The minimum atomic E-state index is 0.809. The second kappa shape index (κ2) is 9.95. The van der Waals surface area contributed by atoms with Gasteiger partial charge in [-0.2, -0.15) is 0 Å². The lowest BCUT2D eigenvalue weighted by Gasteiger charge is -2.38. The zero-order valence-electron chi connectivity index (χ0n) is 17.7. The average molecular weight is 355 g/mol. The van der Waals surface area contributed by atoms with Gasteiger partial charge in [0, 0.05) is 0 Å². The average Bonchev–Trinajstić information content (AvgIpc) is 2.69. The number of benzene rings is 1. The number of rotatable bonds is 7. The van der Waals surface area contributed by atoms with Crippen LogP contribution in [0, 0.1) is 23.7 Å². The predicted octanol–water partition coefficient (Wildman–Crippen LogP) is 8.16. The van der Waals surface area contributed by atoms with Crippen LogP contribution in [0.25, 0.3) is 0 Å². The lowest BCUT2D eigenvalue weighted by Crippen LogP contribution is -2.25. The highest BCUT2D eigenvalue weighted by molar-refractivity contribution is 5.26. The Morgan fingerprint density at radius 2 is 1.38 bits per heavy atom. The summed E-state index contributed by atoms with van der Waals surface area (Å²) in [4.78, 5) is 0. The molecule has 0 aromatic heterocycles. The molecule has 2 aliphatic carbocycles. The third-order valence-electron chi connectivity index (χ3n) is 7.76. The Balaban J connectivity index is 1.45. The summed E-state index contributed by atoms with van der Waals surface area (Å²) >= 11 is 0. The summed E-state index contributed by atoms with van der Waals surface area (Å²) < 4.78 is 0.